The second-order valence-electron chi connectivity index (χ2n) is 7.28. The molecule has 5 rings (SSSR count). The fourth-order valence-corrected chi connectivity index (χ4v) is 4.62. The zero-order chi connectivity index (χ0) is 20.1. The third-order valence-electron chi connectivity index (χ3n) is 5.53. The number of hydrogen-bond acceptors (Lipinski definition) is 3. The van der Waals surface area contributed by atoms with Crippen molar-refractivity contribution in [2.45, 2.75) is 25.2 Å². The maximum absolute atomic E-state index is 13.9. The number of carbonyl (C=O) groups excluding carboxylic acids is 1. The number of para-hydroxylation sites is 1. The molecule has 29 heavy (non-hydrogen) atoms. The number of carbonyl (C=O) groups is 1. The summed E-state index contributed by atoms with van der Waals surface area (Å²) in [6, 6.07) is 13.9. The van der Waals surface area contributed by atoms with Gasteiger partial charge in [0.15, 0.2) is 5.78 Å². The molecule has 0 amide bonds. The van der Waals surface area contributed by atoms with Gasteiger partial charge in [-0.15, -0.1) is 0 Å². The number of rotatable bonds is 2. The number of Topliss-reactive ketones (excluding diaryl/α,β-unsaturated/α-hetero) is 1. The number of halogens is 2. The van der Waals surface area contributed by atoms with Crippen LogP contribution in [0.5, 0.6) is 0 Å². The van der Waals surface area contributed by atoms with Crippen molar-refractivity contribution in [3.8, 4) is 5.69 Å². The Kier molecular flexibility index (Phi) is 4.28. The summed E-state index contributed by atoms with van der Waals surface area (Å²) in [7, 11) is 0. The number of anilines is 1. The van der Waals surface area contributed by atoms with E-state index in [0.29, 0.717) is 39.1 Å². The first-order chi connectivity index (χ1) is 14.0. The van der Waals surface area contributed by atoms with Crippen LogP contribution < -0.4 is 10.9 Å². The Morgan fingerprint density at radius 2 is 1.86 bits per heavy atom. The predicted octanol–water partition coefficient (Wildman–Crippen LogP) is 4.63. The van der Waals surface area contributed by atoms with Crippen LogP contribution in [0.25, 0.3) is 5.69 Å². The minimum atomic E-state index is -0.542. The summed E-state index contributed by atoms with van der Waals surface area (Å²) >= 11 is 3.23. The number of H-pyrrole nitrogens is 1. The zero-order valence-electron chi connectivity index (χ0n) is 15.3. The molecule has 0 spiro atoms. The van der Waals surface area contributed by atoms with Crippen molar-refractivity contribution in [2.24, 2.45) is 0 Å². The van der Waals surface area contributed by atoms with E-state index in [4.69, 9.17) is 0 Å². The van der Waals surface area contributed by atoms with Gasteiger partial charge in [-0.05, 0) is 58.6 Å². The molecule has 0 saturated carbocycles. The van der Waals surface area contributed by atoms with Crippen LogP contribution in [0.1, 0.15) is 36.3 Å². The standard InChI is InChI=1S/C22H17BrFN3O2/c23-14-11-12(9-10-15(14)24)18-19-16(7-4-8-17(19)28)25-21-20(18)22(29)27(26-21)13-5-2-1-3-6-13/h1-3,5-6,9-11,18,25-26H,4,7-8H2/t18-/m0/s1. The molecular weight excluding hydrogens is 437 g/mol. The van der Waals surface area contributed by atoms with E-state index in [1.807, 2.05) is 30.3 Å². The van der Waals surface area contributed by atoms with Gasteiger partial charge in [0.25, 0.3) is 5.56 Å². The third kappa shape index (κ3) is 2.88. The van der Waals surface area contributed by atoms with Crippen molar-refractivity contribution in [1.29, 1.82) is 0 Å². The number of fused-ring (bicyclic) bond motifs is 1. The molecule has 0 bridgehead atoms. The topological polar surface area (TPSA) is 66.9 Å². The minimum Gasteiger partial charge on any atom is -0.343 e. The number of benzene rings is 2. The molecule has 1 atom stereocenters. The van der Waals surface area contributed by atoms with Crippen LogP contribution in [0.3, 0.4) is 0 Å². The Labute approximate surface area is 174 Å². The number of aromatic amines is 1. The summed E-state index contributed by atoms with van der Waals surface area (Å²) in [6.07, 6.45) is 1.95. The molecular formula is C22H17BrFN3O2. The second kappa shape index (κ2) is 6.84. The molecule has 2 aliphatic rings. The van der Waals surface area contributed by atoms with Gasteiger partial charge in [0.05, 0.1) is 15.7 Å². The molecule has 0 saturated heterocycles. The number of aromatic nitrogens is 2. The molecule has 1 aliphatic carbocycles. The van der Waals surface area contributed by atoms with E-state index >= 15 is 0 Å². The molecule has 2 aromatic carbocycles. The third-order valence-corrected chi connectivity index (χ3v) is 6.13. The molecule has 0 unspecified atom stereocenters. The molecule has 3 aromatic rings. The van der Waals surface area contributed by atoms with E-state index < -0.39 is 5.92 Å². The Bertz CT molecular complexity index is 1230. The summed E-state index contributed by atoms with van der Waals surface area (Å²) in [4.78, 5) is 26.3. The number of nitrogens with zero attached hydrogens (tertiary/aromatic N) is 1. The quantitative estimate of drug-likeness (QED) is 0.594. The largest absolute Gasteiger partial charge is 0.343 e. The monoisotopic (exact) mass is 453 g/mol. The summed E-state index contributed by atoms with van der Waals surface area (Å²) in [5.74, 6) is -0.318. The van der Waals surface area contributed by atoms with Crippen LogP contribution in [0, 0.1) is 5.82 Å². The molecule has 0 radical (unpaired) electrons. The lowest BCUT2D eigenvalue weighted by atomic mass is 9.77. The van der Waals surface area contributed by atoms with Crippen molar-refractivity contribution >= 4 is 27.5 Å². The molecule has 5 nitrogen and oxygen atoms in total. The fraction of sp³-hybridized carbons (Fsp3) is 0.182. The van der Waals surface area contributed by atoms with Gasteiger partial charge in [-0.2, -0.15) is 0 Å². The first-order valence-electron chi connectivity index (χ1n) is 9.43. The average molecular weight is 454 g/mol. The highest BCUT2D eigenvalue weighted by Crippen LogP contribution is 2.44. The van der Waals surface area contributed by atoms with E-state index in [1.54, 1.807) is 12.1 Å². The lowest BCUT2D eigenvalue weighted by molar-refractivity contribution is -0.116. The Hall–Kier alpha value is -2.93. The van der Waals surface area contributed by atoms with Gasteiger partial charge < -0.3 is 5.32 Å². The summed E-state index contributed by atoms with van der Waals surface area (Å²) in [6.45, 7) is 0. The van der Waals surface area contributed by atoms with Gasteiger partial charge in [0.1, 0.15) is 11.6 Å². The van der Waals surface area contributed by atoms with E-state index in [0.717, 1.165) is 18.5 Å². The number of allylic oxidation sites excluding steroid dienone is 2. The van der Waals surface area contributed by atoms with Gasteiger partial charge in [0.2, 0.25) is 0 Å². The molecule has 7 heteroatoms. The Balaban J connectivity index is 1.76. The zero-order valence-corrected chi connectivity index (χ0v) is 16.9. The van der Waals surface area contributed by atoms with E-state index in [1.165, 1.54) is 10.7 Å². The summed E-state index contributed by atoms with van der Waals surface area (Å²) in [5, 5.41) is 6.44. The van der Waals surface area contributed by atoms with Crippen molar-refractivity contribution < 1.29 is 9.18 Å². The van der Waals surface area contributed by atoms with Crippen LogP contribution in [-0.2, 0) is 4.79 Å². The maximum Gasteiger partial charge on any atom is 0.277 e. The highest BCUT2D eigenvalue weighted by molar-refractivity contribution is 9.10. The lowest BCUT2D eigenvalue weighted by Crippen LogP contribution is -2.29. The second-order valence-corrected chi connectivity index (χ2v) is 8.13. The normalized spacial score (nSPS) is 18.3. The number of nitrogens with one attached hydrogen (secondary N) is 2. The summed E-state index contributed by atoms with van der Waals surface area (Å²) < 4.78 is 15.6. The van der Waals surface area contributed by atoms with Crippen molar-refractivity contribution in [3.05, 3.63) is 91.6 Å². The van der Waals surface area contributed by atoms with Gasteiger partial charge in [0, 0.05) is 23.6 Å². The van der Waals surface area contributed by atoms with Crippen molar-refractivity contribution in [1.82, 2.24) is 9.78 Å². The molecule has 146 valence electrons. The van der Waals surface area contributed by atoms with Gasteiger partial charge in [-0.25, -0.2) is 9.07 Å². The van der Waals surface area contributed by atoms with Gasteiger partial charge in [-0.3, -0.25) is 14.7 Å². The van der Waals surface area contributed by atoms with E-state index in [-0.39, 0.29) is 17.2 Å². The van der Waals surface area contributed by atoms with Gasteiger partial charge >= 0.3 is 0 Å². The molecule has 0 fully saturated rings. The Morgan fingerprint density at radius 3 is 2.62 bits per heavy atom. The Morgan fingerprint density at radius 1 is 1.07 bits per heavy atom. The van der Waals surface area contributed by atoms with Crippen LogP contribution in [0.4, 0.5) is 10.2 Å². The van der Waals surface area contributed by atoms with Gasteiger partial charge in [-0.1, -0.05) is 24.3 Å². The van der Waals surface area contributed by atoms with Crippen LogP contribution in [0.2, 0.25) is 0 Å². The van der Waals surface area contributed by atoms with E-state index in [2.05, 4.69) is 26.3 Å². The number of ketones is 1. The maximum atomic E-state index is 13.9. The van der Waals surface area contributed by atoms with Crippen molar-refractivity contribution in [2.75, 3.05) is 5.32 Å². The lowest BCUT2D eigenvalue weighted by Gasteiger charge is -2.31. The van der Waals surface area contributed by atoms with Crippen LogP contribution >= 0.6 is 15.9 Å². The molecule has 1 aromatic heterocycles. The highest BCUT2D eigenvalue weighted by atomic mass is 79.9. The van der Waals surface area contributed by atoms with E-state index in [9.17, 15) is 14.0 Å². The average Bonchev–Trinajstić information content (AvgIpc) is 3.06. The predicted molar refractivity (Wildman–Crippen MR) is 112 cm³/mol. The van der Waals surface area contributed by atoms with Crippen LogP contribution in [0.15, 0.2) is 69.1 Å². The first-order valence-corrected chi connectivity index (χ1v) is 10.2. The smallest absolute Gasteiger partial charge is 0.277 e. The van der Waals surface area contributed by atoms with Crippen molar-refractivity contribution in [3.63, 3.8) is 0 Å². The molecule has 1 aliphatic heterocycles. The summed E-state index contributed by atoms with van der Waals surface area (Å²) in [5.41, 5.74) is 3.10. The fourth-order valence-electron chi connectivity index (χ4n) is 4.22. The molecule has 2 heterocycles. The number of hydrogen-bond donors (Lipinski definition) is 2. The highest BCUT2D eigenvalue weighted by Gasteiger charge is 2.38. The SMILES string of the molecule is O=C1CCCC2=C1[C@H](c1ccc(F)c(Br)c1)c1c([nH]n(-c3ccccc3)c1=O)N2. The first kappa shape index (κ1) is 18.1. The minimum absolute atomic E-state index is 0.0294. The van der Waals surface area contributed by atoms with Crippen LogP contribution in [-0.4, -0.2) is 15.6 Å². The molecule has 2 N–H and O–H groups in total.